The van der Waals surface area contributed by atoms with E-state index < -0.39 is 0 Å². The van der Waals surface area contributed by atoms with Crippen LogP contribution in [-0.4, -0.2) is 42.1 Å². The molecule has 0 radical (unpaired) electrons. The fourth-order valence-corrected chi connectivity index (χ4v) is 4.68. The lowest BCUT2D eigenvalue weighted by Crippen LogP contribution is -2.40. The topological polar surface area (TPSA) is 83.3 Å². The van der Waals surface area contributed by atoms with E-state index in [4.69, 9.17) is 14.4 Å². The summed E-state index contributed by atoms with van der Waals surface area (Å²) in [6, 6.07) is 4.05. The second-order valence-corrected chi connectivity index (χ2v) is 9.23. The van der Waals surface area contributed by atoms with Gasteiger partial charge in [0.25, 0.3) is 5.91 Å². The molecule has 0 unspecified atom stereocenters. The number of aryl methyl sites for hydroxylation is 1. The van der Waals surface area contributed by atoms with Crippen molar-refractivity contribution in [2.24, 2.45) is 0 Å². The third kappa shape index (κ3) is 4.84. The van der Waals surface area contributed by atoms with Crippen molar-refractivity contribution in [3.63, 3.8) is 0 Å². The molecule has 0 spiro atoms. The molecule has 1 amide bonds. The Morgan fingerprint density at radius 1 is 1.10 bits per heavy atom. The van der Waals surface area contributed by atoms with Gasteiger partial charge in [0.2, 0.25) is 5.95 Å². The standard InChI is InChI=1S/C21H28IN5O2/c1-27(2)19-15-5-3-4-6-16(15)25-21(26-19)24-14-9-7-13(8-10-14)23-20(28)17-11-12-18(22)29-17/h11-14H,3-10H2,1-2H3,(H,23,28)(H,24,25,26)/t13-,14+. The Balaban J connectivity index is 1.35. The van der Waals surface area contributed by atoms with Crippen molar-refractivity contribution in [2.45, 2.75) is 63.5 Å². The van der Waals surface area contributed by atoms with Gasteiger partial charge in [0.05, 0.1) is 5.69 Å². The zero-order valence-electron chi connectivity index (χ0n) is 17.0. The van der Waals surface area contributed by atoms with E-state index in [9.17, 15) is 4.79 Å². The molecule has 0 bridgehead atoms. The third-order valence-electron chi connectivity index (χ3n) is 5.78. The Bertz CT molecular complexity index is 874. The molecular formula is C21H28IN5O2. The van der Waals surface area contributed by atoms with Crippen LogP contribution in [-0.2, 0) is 12.8 Å². The molecule has 7 nitrogen and oxygen atoms in total. The van der Waals surface area contributed by atoms with Crippen LogP contribution in [0.15, 0.2) is 16.5 Å². The number of hydrogen-bond donors (Lipinski definition) is 2. The fourth-order valence-electron chi connectivity index (χ4n) is 4.27. The first-order valence-electron chi connectivity index (χ1n) is 10.4. The van der Waals surface area contributed by atoms with Gasteiger partial charge in [-0.15, -0.1) is 0 Å². The Morgan fingerprint density at radius 2 is 1.83 bits per heavy atom. The van der Waals surface area contributed by atoms with Gasteiger partial charge in [-0.05, 0) is 86.1 Å². The van der Waals surface area contributed by atoms with Crippen molar-refractivity contribution in [1.29, 1.82) is 0 Å². The molecule has 2 heterocycles. The first-order chi connectivity index (χ1) is 14.0. The summed E-state index contributed by atoms with van der Waals surface area (Å²) >= 11 is 2.07. The Hall–Kier alpha value is -1.84. The SMILES string of the molecule is CN(C)c1nc(N[C@H]2CC[C@@H](NC(=O)c3ccc(I)o3)CC2)nc2c1CCCC2. The smallest absolute Gasteiger partial charge is 0.287 e. The number of carbonyl (C=O) groups excluding carboxylic acids is 1. The summed E-state index contributed by atoms with van der Waals surface area (Å²) in [4.78, 5) is 24.0. The minimum absolute atomic E-state index is 0.127. The van der Waals surface area contributed by atoms with Crippen molar-refractivity contribution >= 4 is 40.3 Å². The molecule has 2 aliphatic carbocycles. The van der Waals surface area contributed by atoms with Crippen LogP contribution in [0, 0.1) is 3.77 Å². The van der Waals surface area contributed by atoms with Crippen LogP contribution in [0.2, 0.25) is 0 Å². The van der Waals surface area contributed by atoms with Gasteiger partial charge in [-0.25, -0.2) is 4.98 Å². The van der Waals surface area contributed by atoms with E-state index in [-0.39, 0.29) is 11.9 Å². The number of amides is 1. The van der Waals surface area contributed by atoms with Crippen molar-refractivity contribution in [1.82, 2.24) is 15.3 Å². The van der Waals surface area contributed by atoms with Crippen molar-refractivity contribution in [2.75, 3.05) is 24.3 Å². The summed E-state index contributed by atoms with van der Waals surface area (Å²) in [6.07, 6.45) is 8.38. The highest BCUT2D eigenvalue weighted by Crippen LogP contribution is 2.29. The van der Waals surface area contributed by atoms with Crippen molar-refractivity contribution in [3.8, 4) is 0 Å². The lowest BCUT2D eigenvalue weighted by Gasteiger charge is -2.30. The number of nitrogens with zero attached hydrogens (tertiary/aromatic N) is 3. The lowest BCUT2D eigenvalue weighted by atomic mass is 9.91. The van der Waals surface area contributed by atoms with Crippen LogP contribution in [0.5, 0.6) is 0 Å². The molecule has 0 saturated heterocycles. The van der Waals surface area contributed by atoms with Crippen molar-refractivity contribution in [3.05, 3.63) is 32.9 Å². The minimum atomic E-state index is -0.127. The number of carbonyl (C=O) groups is 1. The number of rotatable bonds is 5. The van der Waals surface area contributed by atoms with Gasteiger partial charge in [0, 0.05) is 31.7 Å². The van der Waals surface area contributed by atoms with Gasteiger partial charge >= 0.3 is 0 Å². The third-order valence-corrected chi connectivity index (χ3v) is 6.36. The van der Waals surface area contributed by atoms with Gasteiger partial charge in [0.1, 0.15) is 5.82 Å². The molecule has 29 heavy (non-hydrogen) atoms. The Labute approximate surface area is 185 Å². The predicted molar refractivity (Wildman–Crippen MR) is 122 cm³/mol. The fraction of sp³-hybridized carbons (Fsp3) is 0.571. The molecule has 2 aromatic rings. The van der Waals surface area contributed by atoms with Crippen LogP contribution in [0.1, 0.15) is 60.3 Å². The maximum Gasteiger partial charge on any atom is 0.287 e. The number of nitrogens with one attached hydrogen (secondary N) is 2. The highest BCUT2D eigenvalue weighted by atomic mass is 127. The number of aromatic nitrogens is 2. The van der Waals surface area contributed by atoms with Gasteiger partial charge in [0.15, 0.2) is 9.53 Å². The van der Waals surface area contributed by atoms with E-state index in [0.29, 0.717) is 11.8 Å². The number of anilines is 2. The zero-order valence-corrected chi connectivity index (χ0v) is 19.2. The Kier molecular flexibility index (Phi) is 6.26. The summed E-state index contributed by atoms with van der Waals surface area (Å²) in [5.74, 6) is 2.05. The molecule has 2 N–H and O–H groups in total. The number of hydrogen-bond acceptors (Lipinski definition) is 6. The van der Waals surface area contributed by atoms with Crippen LogP contribution >= 0.6 is 22.6 Å². The quantitative estimate of drug-likeness (QED) is 0.598. The minimum Gasteiger partial charge on any atom is -0.445 e. The molecule has 0 aliphatic heterocycles. The normalized spacial score (nSPS) is 21.3. The van der Waals surface area contributed by atoms with Crippen LogP contribution < -0.4 is 15.5 Å². The summed E-state index contributed by atoms with van der Waals surface area (Å²) in [5, 5.41) is 6.65. The average Bonchev–Trinajstić information content (AvgIpc) is 3.15. The average molecular weight is 509 g/mol. The molecule has 1 saturated carbocycles. The summed E-state index contributed by atoms with van der Waals surface area (Å²) in [7, 11) is 4.10. The molecule has 156 valence electrons. The van der Waals surface area contributed by atoms with Crippen molar-refractivity contribution < 1.29 is 9.21 Å². The molecule has 4 rings (SSSR count). The number of halogens is 1. The monoisotopic (exact) mass is 509 g/mol. The van der Waals surface area contributed by atoms with Crippen LogP contribution in [0.4, 0.5) is 11.8 Å². The van der Waals surface area contributed by atoms with E-state index in [2.05, 4.69) is 52.2 Å². The molecule has 8 heteroatoms. The van der Waals surface area contributed by atoms with Gasteiger partial charge in [-0.3, -0.25) is 4.79 Å². The van der Waals surface area contributed by atoms with Gasteiger partial charge in [-0.1, -0.05) is 0 Å². The van der Waals surface area contributed by atoms with E-state index in [1.807, 2.05) is 0 Å². The maximum atomic E-state index is 12.3. The maximum absolute atomic E-state index is 12.3. The molecule has 2 aromatic heterocycles. The van der Waals surface area contributed by atoms with E-state index in [0.717, 1.165) is 54.1 Å². The van der Waals surface area contributed by atoms with Gasteiger partial charge < -0.3 is 20.0 Å². The van der Waals surface area contributed by atoms with E-state index in [1.54, 1.807) is 12.1 Å². The highest BCUT2D eigenvalue weighted by Gasteiger charge is 2.25. The molecular weight excluding hydrogens is 481 g/mol. The summed E-state index contributed by atoms with van der Waals surface area (Å²) in [5.41, 5.74) is 2.51. The predicted octanol–water partition coefficient (Wildman–Crippen LogP) is 3.77. The first kappa shape index (κ1) is 20.4. The highest BCUT2D eigenvalue weighted by molar-refractivity contribution is 14.1. The second-order valence-electron chi connectivity index (χ2n) is 8.17. The molecule has 0 atom stereocenters. The number of furan rings is 1. The zero-order chi connectivity index (χ0) is 20.4. The van der Waals surface area contributed by atoms with E-state index >= 15 is 0 Å². The van der Waals surface area contributed by atoms with Gasteiger partial charge in [-0.2, -0.15) is 4.98 Å². The lowest BCUT2D eigenvalue weighted by molar-refractivity contribution is 0.0897. The first-order valence-corrected chi connectivity index (χ1v) is 11.5. The van der Waals surface area contributed by atoms with Crippen LogP contribution in [0.25, 0.3) is 0 Å². The Morgan fingerprint density at radius 3 is 2.52 bits per heavy atom. The van der Waals surface area contributed by atoms with E-state index in [1.165, 1.54) is 24.1 Å². The molecule has 0 aromatic carbocycles. The van der Waals surface area contributed by atoms with Crippen LogP contribution in [0.3, 0.4) is 0 Å². The summed E-state index contributed by atoms with van der Waals surface area (Å²) in [6.45, 7) is 0. The second kappa shape index (κ2) is 8.89. The summed E-state index contributed by atoms with van der Waals surface area (Å²) < 4.78 is 6.13. The number of fused-ring (bicyclic) bond motifs is 1. The largest absolute Gasteiger partial charge is 0.445 e. The molecule has 1 fully saturated rings. The molecule has 2 aliphatic rings.